The van der Waals surface area contributed by atoms with Crippen molar-refractivity contribution in [2.75, 3.05) is 0 Å². The van der Waals surface area contributed by atoms with Crippen LogP contribution in [-0.4, -0.2) is 14.1 Å². The lowest BCUT2D eigenvalue weighted by atomic mass is 10.1. The summed E-state index contributed by atoms with van der Waals surface area (Å²) in [4.78, 5) is 11.7. The highest BCUT2D eigenvalue weighted by Crippen LogP contribution is 2.41. The van der Waals surface area contributed by atoms with E-state index in [0.717, 1.165) is 0 Å². The third-order valence-electron chi connectivity index (χ3n) is 3.55. The molecule has 0 amide bonds. The Morgan fingerprint density at radius 2 is 1.84 bits per heavy atom. The van der Waals surface area contributed by atoms with Gasteiger partial charge in [-0.3, -0.25) is 4.79 Å². The molecule has 106 valence electrons. The Bertz CT molecular complexity index is 507. The Balaban J connectivity index is 3.32. The molecule has 19 heavy (non-hydrogen) atoms. The van der Waals surface area contributed by atoms with Crippen LogP contribution in [0, 0.1) is 5.82 Å². The largest absolute Gasteiger partial charge is 0.542 e. The minimum atomic E-state index is -2.08. The molecule has 0 fully saturated rings. The summed E-state index contributed by atoms with van der Waals surface area (Å²) in [7, 11) is -2.08. The molecule has 2 nitrogen and oxygen atoms in total. The zero-order valence-electron chi connectivity index (χ0n) is 12.2. The van der Waals surface area contributed by atoms with Crippen molar-refractivity contribution in [3.8, 4) is 5.75 Å². The predicted molar refractivity (Wildman–Crippen MR) is 81.9 cm³/mol. The third-order valence-corrected chi connectivity index (χ3v) is 8.47. The first-order chi connectivity index (χ1) is 8.45. The first kappa shape index (κ1) is 16.4. The van der Waals surface area contributed by atoms with Gasteiger partial charge < -0.3 is 4.43 Å². The molecule has 0 aliphatic carbocycles. The lowest BCUT2D eigenvalue weighted by Crippen LogP contribution is -2.44. The normalized spacial score (nSPS) is 12.4. The van der Waals surface area contributed by atoms with Crippen molar-refractivity contribution >= 4 is 30.0 Å². The molecule has 0 heterocycles. The van der Waals surface area contributed by atoms with Crippen LogP contribution < -0.4 is 4.43 Å². The van der Waals surface area contributed by atoms with Crippen LogP contribution in [0.1, 0.15) is 38.1 Å². The van der Waals surface area contributed by atoms with Crippen LogP contribution in [0.3, 0.4) is 0 Å². The Kier molecular flexibility index (Phi) is 4.62. The van der Waals surface area contributed by atoms with Gasteiger partial charge >= 0.3 is 0 Å². The molecular weight excluding hydrogens is 327 g/mol. The Hall–Kier alpha value is -0.683. The summed E-state index contributed by atoms with van der Waals surface area (Å²) in [6, 6.07) is 2.56. The molecule has 0 aliphatic heterocycles. The fourth-order valence-corrected chi connectivity index (χ4v) is 3.03. The molecule has 0 unspecified atom stereocenters. The lowest BCUT2D eigenvalue weighted by molar-refractivity contribution is 0.101. The highest BCUT2D eigenvalue weighted by molar-refractivity contribution is 9.10. The third kappa shape index (κ3) is 3.66. The molecule has 0 N–H and O–H groups in total. The maximum Gasteiger partial charge on any atom is 0.250 e. The highest BCUT2D eigenvalue weighted by atomic mass is 79.9. The number of carbonyl (C=O) groups excluding carboxylic acids is 1. The molecule has 0 saturated carbocycles. The maximum atomic E-state index is 13.4. The highest BCUT2D eigenvalue weighted by Gasteiger charge is 2.40. The van der Waals surface area contributed by atoms with Gasteiger partial charge in [-0.25, -0.2) is 4.39 Å². The topological polar surface area (TPSA) is 26.3 Å². The zero-order valence-corrected chi connectivity index (χ0v) is 14.8. The first-order valence-corrected chi connectivity index (χ1v) is 9.85. The average molecular weight is 347 g/mol. The number of benzene rings is 1. The number of hydrogen-bond acceptors (Lipinski definition) is 2. The summed E-state index contributed by atoms with van der Waals surface area (Å²) in [6.07, 6.45) is 0. The van der Waals surface area contributed by atoms with Crippen LogP contribution >= 0.6 is 15.9 Å². The second kappa shape index (κ2) is 5.36. The number of ketones is 1. The lowest BCUT2D eigenvalue weighted by Gasteiger charge is -2.37. The van der Waals surface area contributed by atoms with Crippen LogP contribution in [0.4, 0.5) is 4.39 Å². The van der Waals surface area contributed by atoms with E-state index in [1.54, 1.807) is 0 Å². The van der Waals surface area contributed by atoms with Crippen molar-refractivity contribution in [1.29, 1.82) is 0 Å². The van der Waals surface area contributed by atoms with E-state index in [9.17, 15) is 9.18 Å². The van der Waals surface area contributed by atoms with Gasteiger partial charge in [-0.05, 0) is 53.1 Å². The van der Waals surface area contributed by atoms with E-state index in [-0.39, 0.29) is 16.4 Å². The molecule has 0 aliphatic rings. The van der Waals surface area contributed by atoms with Gasteiger partial charge in [0.25, 0.3) is 8.32 Å². The van der Waals surface area contributed by atoms with Crippen LogP contribution in [0.15, 0.2) is 16.6 Å². The molecule has 1 aromatic rings. The summed E-state index contributed by atoms with van der Waals surface area (Å²) in [5.74, 6) is -0.186. The summed E-state index contributed by atoms with van der Waals surface area (Å²) in [5.41, 5.74) is 0.289. The summed E-state index contributed by atoms with van der Waals surface area (Å²) >= 11 is 3.29. The molecular formula is C14H20BrFO2Si. The minimum Gasteiger partial charge on any atom is -0.542 e. The van der Waals surface area contributed by atoms with Crippen LogP contribution in [0.2, 0.25) is 18.1 Å². The van der Waals surface area contributed by atoms with Crippen molar-refractivity contribution in [2.24, 2.45) is 0 Å². The quantitative estimate of drug-likeness (QED) is 0.557. The second-order valence-electron chi connectivity index (χ2n) is 6.18. The molecule has 0 radical (unpaired) electrons. The summed E-state index contributed by atoms with van der Waals surface area (Å²) < 4.78 is 20.0. The van der Waals surface area contributed by atoms with E-state index in [0.29, 0.717) is 10.2 Å². The Morgan fingerprint density at radius 3 is 2.26 bits per heavy atom. The summed E-state index contributed by atoms with van der Waals surface area (Å²) in [5, 5.41) is 0.00881. The van der Waals surface area contributed by atoms with E-state index >= 15 is 0 Å². The maximum absolute atomic E-state index is 13.4. The van der Waals surface area contributed by atoms with Crippen molar-refractivity contribution < 1.29 is 13.6 Å². The fraction of sp³-hybridized carbons (Fsp3) is 0.500. The van der Waals surface area contributed by atoms with Crippen LogP contribution in [0.5, 0.6) is 5.75 Å². The number of rotatable bonds is 3. The first-order valence-electron chi connectivity index (χ1n) is 6.15. The van der Waals surface area contributed by atoms with Gasteiger partial charge in [0.15, 0.2) is 5.78 Å². The second-order valence-corrected chi connectivity index (χ2v) is 11.8. The smallest absolute Gasteiger partial charge is 0.250 e. The fourth-order valence-electron chi connectivity index (χ4n) is 1.33. The van der Waals surface area contributed by atoms with E-state index < -0.39 is 14.1 Å². The number of carbonyl (C=O) groups is 1. The number of hydrogen-bond donors (Lipinski definition) is 0. The van der Waals surface area contributed by atoms with E-state index in [4.69, 9.17) is 4.43 Å². The van der Waals surface area contributed by atoms with Crippen molar-refractivity contribution in [3.05, 3.63) is 28.0 Å². The van der Waals surface area contributed by atoms with Crippen molar-refractivity contribution in [3.63, 3.8) is 0 Å². The van der Waals surface area contributed by atoms with Crippen molar-refractivity contribution in [1.82, 2.24) is 0 Å². The van der Waals surface area contributed by atoms with E-state index in [1.807, 2.05) is 0 Å². The molecule has 0 spiro atoms. The van der Waals surface area contributed by atoms with Crippen molar-refractivity contribution in [2.45, 2.75) is 45.8 Å². The molecule has 1 rings (SSSR count). The van der Waals surface area contributed by atoms with Crippen LogP contribution in [0.25, 0.3) is 0 Å². The predicted octanol–water partition coefficient (Wildman–Crippen LogP) is 5.17. The molecule has 1 aromatic carbocycles. The van der Waals surface area contributed by atoms with Gasteiger partial charge in [-0.2, -0.15) is 0 Å². The molecule has 0 aromatic heterocycles. The molecule has 0 saturated heterocycles. The number of Topliss-reactive ketones (excluding diaryl/α,β-unsaturated/α-hetero) is 1. The molecule has 5 heteroatoms. The van der Waals surface area contributed by atoms with Gasteiger partial charge in [0.05, 0.1) is 10.0 Å². The Labute approximate surface area is 123 Å². The van der Waals surface area contributed by atoms with E-state index in [1.165, 1.54) is 19.1 Å². The average Bonchev–Trinajstić information content (AvgIpc) is 2.19. The van der Waals surface area contributed by atoms with E-state index in [2.05, 4.69) is 49.8 Å². The molecule has 0 atom stereocenters. The van der Waals surface area contributed by atoms with Gasteiger partial charge in [-0.1, -0.05) is 20.8 Å². The van der Waals surface area contributed by atoms with Crippen LogP contribution in [-0.2, 0) is 0 Å². The van der Waals surface area contributed by atoms with Gasteiger partial charge in [-0.15, -0.1) is 0 Å². The van der Waals surface area contributed by atoms with Gasteiger partial charge in [0.1, 0.15) is 11.6 Å². The standard InChI is InChI=1S/C14H20BrFO2Si/c1-9(17)11-7-10(16)8-12(15)13(11)18-19(5,6)14(2,3)4/h7-8H,1-6H3. The van der Waals surface area contributed by atoms with Gasteiger partial charge in [0, 0.05) is 0 Å². The minimum absolute atomic E-state index is 0.00881. The number of halogens is 2. The Morgan fingerprint density at radius 1 is 1.32 bits per heavy atom. The zero-order chi connectivity index (χ0) is 15.0. The summed E-state index contributed by atoms with van der Waals surface area (Å²) in [6.45, 7) is 11.9. The molecule has 0 bridgehead atoms. The SMILES string of the molecule is CC(=O)c1cc(F)cc(Br)c1O[Si](C)(C)C(C)(C)C. The van der Waals surface area contributed by atoms with Gasteiger partial charge in [0.2, 0.25) is 0 Å². The monoisotopic (exact) mass is 346 g/mol.